The van der Waals surface area contributed by atoms with E-state index in [9.17, 15) is 18.0 Å². The Kier molecular flexibility index (Phi) is 7.80. The van der Waals surface area contributed by atoms with E-state index < -0.39 is 28.5 Å². The Hall–Kier alpha value is -2.40. The van der Waals surface area contributed by atoms with E-state index >= 15 is 0 Å². The highest BCUT2D eigenvalue weighted by Gasteiger charge is 2.25. The summed E-state index contributed by atoms with van der Waals surface area (Å²) in [4.78, 5) is 23.4. The number of ether oxygens (including phenoxy) is 3. The maximum atomic E-state index is 12.5. The summed E-state index contributed by atoms with van der Waals surface area (Å²) in [5, 5.41) is 0. The lowest BCUT2D eigenvalue weighted by Crippen LogP contribution is -2.33. The SMILES string of the molecule is COC(=O)C=Cc1ccc(OC(=O)CN(C)S(=O)(=O)c2ccc(Cl)s2)c(OC)c1. The van der Waals surface area contributed by atoms with Crippen molar-refractivity contribution >= 4 is 51.0 Å². The summed E-state index contributed by atoms with van der Waals surface area (Å²) in [5.74, 6) is -0.968. The summed E-state index contributed by atoms with van der Waals surface area (Å²) in [6, 6.07) is 7.45. The Morgan fingerprint density at radius 2 is 1.90 bits per heavy atom. The smallest absolute Gasteiger partial charge is 0.330 e. The van der Waals surface area contributed by atoms with Gasteiger partial charge in [-0.25, -0.2) is 13.2 Å². The van der Waals surface area contributed by atoms with Gasteiger partial charge in [0.1, 0.15) is 10.8 Å². The van der Waals surface area contributed by atoms with E-state index in [0.717, 1.165) is 15.6 Å². The third-order valence-corrected chi connectivity index (χ3v) is 7.09. The standard InChI is InChI=1S/C18H18ClNO7S2/c1-20(29(23,24)18-9-7-15(19)28-18)11-17(22)27-13-6-4-12(10-14(13)25-2)5-8-16(21)26-3/h4-10H,11H2,1-3H3. The van der Waals surface area contributed by atoms with Crippen molar-refractivity contribution in [2.45, 2.75) is 4.21 Å². The van der Waals surface area contributed by atoms with E-state index in [4.69, 9.17) is 21.1 Å². The second-order valence-electron chi connectivity index (χ2n) is 5.56. The maximum Gasteiger partial charge on any atom is 0.330 e. The van der Waals surface area contributed by atoms with Crippen molar-refractivity contribution in [1.82, 2.24) is 4.31 Å². The van der Waals surface area contributed by atoms with Crippen LogP contribution in [0.15, 0.2) is 40.6 Å². The highest BCUT2D eigenvalue weighted by molar-refractivity contribution is 7.91. The number of sulfonamides is 1. The lowest BCUT2D eigenvalue weighted by atomic mass is 10.2. The van der Waals surface area contributed by atoms with Crippen LogP contribution >= 0.6 is 22.9 Å². The summed E-state index contributed by atoms with van der Waals surface area (Å²) in [7, 11) is 0.0529. The zero-order valence-electron chi connectivity index (χ0n) is 15.7. The second kappa shape index (κ2) is 9.88. The molecule has 156 valence electrons. The first kappa shape index (κ1) is 22.9. The van der Waals surface area contributed by atoms with Crippen LogP contribution in [0.3, 0.4) is 0 Å². The number of hydrogen-bond donors (Lipinski definition) is 0. The van der Waals surface area contributed by atoms with Crippen LogP contribution in [0, 0.1) is 0 Å². The molecule has 2 rings (SSSR count). The van der Waals surface area contributed by atoms with Crippen LogP contribution in [0.2, 0.25) is 4.34 Å². The molecule has 0 fully saturated rings. The Morgan fingerprint density at radius 3 is 2.48 bits per heavy atom. The normalized spacial score (nSPS) is 11.6. The average Bonchev–Trinajstić information content (AvgIpc) is 3.13. The van der Waals surface area contributed by atoms with Gasteiger partial charge in [0.15, 0.2) is 11.5 Å². The van der Waals surface area contributed by atoms with Gasteiger partial charge >= 0.3 is 11.9 Å². The number of hydrogen-bond acceptors (Lipinski definition) is 8. The number of esters is 2. The third kappa shape index (κ3) is 6.04. The van der Waals surface area contributed by atoms with Gasteiger partial charge in [0.05, 0.1) is 18.6 Å². The van der Waals surface area contributed by atoms with Gasteiger partial charge in [0, 0.05) is 13.1 Å². The van der Waals surface area contributed by atoms with Crippen molar-refractivity contribution in [3.63, 3.8) is 0 Å². The minimum Gasteiger partial charge on any atom is -0.493 e. The number of carbonyl (C=O) groups excluding carboxylic acids is 2. The first-order valence-electron chi connectivity index (χ1n) is 8.03. The molecule has 29 heavy (non-hydrogen) atoms. The molecule has 2 aromatic rings. The van der Waals surface area contributed by atoms with E-state index in [1.54, 1.807) is 12.1 Å². The topological polar surface area (TPSA) is 99.2 Å². The minimum absolute atomic E-state index is 0.0251. The van der Waals surface area contributed by atoms with E-state index in [0.29, 0.717) is 9.90 Å². The zero-order valence-corrected chi connectivity index (χ0v) is 18.1. The molecule has 0 atom stereocenters. The molecule has 0 amide bonds. The first-order valence-corrected chi connectivity index (χ1v) is 10.7. The fourth-order valence-electron chi connectivity index (χ4n) is 2.12. The molecule has 0 spiro atoms. The number of carbonyl (C=O) groups is 2. The van der Waals surface area contributed by atoms with Crippen LogP contribution < -0.4 is 9.47 Å². The lowest BCUT2D eigenvalue weighted by Gasteiger charge is -2.16. The van der Waals surface area contributed by atoms with Crippen LogP contribution in [0.1, 0.15) is 5.56 Å². The molecule has 1 heterocycles. The maximum absolute atomic E-state index is 12.5. The van der Waals surface area contributed by atoms with Gasteiger partial charge in [0.2, 0.25) is 0 Å². The van der Waals surface area contributed by atoms with Gasteiger partial charge in [-0.2, -0.15) is 4.31 Å². The molecule has 0 aliphatic heterocycles. The van der Waals surface area contributed by atoms with Crippen LogP contribution in [-0.4, -0.2) is 52.5 Å². The van der Waals surface area contributed by atoms with Crippen molar-refractivity contribution in [3.8, 4) is 11.5 Å². The van der Waals surface area contributed by atoms with Gasteiger partial charge in [-0.1, -0.05) is 17.7 Å². The quantitative estimate of drug-likeness (QED) is 0.340. The largest absolute Gasteiger partial charge is 0.493 e. The molecule has 0 saturated heterocycles. The van der Waals surface area contributed by atoms with Crippen LogP contribution in [0.5, 0.6) is 11.5 Å². The molecule has 0 radical (unpaired) electrons. The highest BCUT2D eigenvalue weighted by Crippen LogP contribution is 2.30. The van der Waals surface area contributed by atoms with Gasteiger partial charge in [0.25, 0.3) is 10.0 Å². The summed E-state index contributed by atoms with van der Waals surface area (Å²) < 4.78 is 41.1. The van der Waals surface area contributed by atoms with Gasteiger partial charge in [-0.05, 0) is 35.9 Å². The Morgan fingerprint density at radius 1 is 1.17 bits per heavy atom. The monoisotopic (exact) mass is 459 g/mol. The van der Waals surface area contributed by atoms with E-state index in [1.165, 1.54) is 51.6 Å². The van der Waals surface area contributed by atoms with E-state index in [-0.39, 0.29) is 15.7 Å². The number of methoxy groups -OCH3 is 2. The van der Waals surface area contributed by atoms with Crippen LogP contribution in [0.4, 0.5) is 0 Å². The molecule has 1 aromatic heterocycles. The van der Waals surface area contributed by atoms with Crippen molar-refractivity contribution in [2.24, 2.45) is 0 Å². The molecule has 0 unspecified atom stereocenters. The molecular formula is C18H18ClNO7S2. The first-order chi connectivity index (χ1) is 13.7. The zero-order chi connectivity index (χ0) is 21.6. The van der Waals surface area contributed by atoms with Gasteiger partial charge in [-0.3, -0.25) is 4.79 Å². The summed E-state index contributed by atoms with van der Waals surface area (Å²) >= 11 is 6.67. The predicted molar refractivity (Wildman–Crippen MR) is 109 cm³/mol. The number of halogens is 1. The van der Waals surface area contributed by atoms with Crippen LogP contribution in [-0.2, 0) is 24.3 Å². The number of benzene rings is 1. The Bertz CT molecular complexity index is 1030. The molecule has 11 heteroatoms. The highest BCUT2D eigenvalue weighted by atomic mass is 35.5. The summed E-state index contributed by atoms with van der Waals surface area (Å²) in [6.07, 6.45) is 2.74. The van der Waals surface area contributed by atoms with Gasteiger partial charge in [-0.15, -0.1) is 11.3 Å². The van der Waals surface area contributed by atoms with Crippen molar-refractivity contribution in [2.75, 3.05) is 27.8 Å². The molecule has 1 aromatic carbocycles. The Labute approximate surface area is 177 Å². The lowest BCUT2D eigenvalue weighted by molar-refractivity contribution is -0.135. The number of rotatable bonds is 8. The molecule has 0 saturated carbocycles. The third-order valence-electron chi connectivity index (χ3n) is 3.59. The molecule has 0 aliphatic rings. The number of nitrogens with zero attached hydrogens (tertiary/aromatic N) is 1. The molecule has 0 aliphatic carbocycles. The molecule has 0 N–H and O–H groups in total. The minimum atomic E-state index is -3.86. The molecular weight excluding hydrogens is 442 g/mol. The number of thiophene rings is 1. The van der Waals surface area contributed by atoms with Crippen molar-refractivity contribution in [3.05, 3.63) is 46.3 Å². The predicted octanol–water partition coefficient (Wildman–Crippen LogP) is 2.82. The van der Waals surface area contributed by atoms with Crippen molar-refractivity contribution in [1.29, 1.82) is 0 Å². The second-order valence-corrected chi connectivity index (χ2v) is 9.55. The summed E-state index contributed by atoms with van der Waals surface area (Å²) in [5.41, 5.74) is 0.612. The number of likely N-dealkylation sites (N-methyl/N-ethyl adjacent to an activating group) is 1. The summed E-state index contributed by atoms with van der Waals surface area (Å²) in [6.45, 7) is -0.509. The van der Waals surface area contributed by atoms with Crippen molar-refractivity contribution < 1.29 is 32.2 Å². The molecule has 8 nitrogen and oxygen atoms in total. The fourth-order valence-corrected chi connectivity index (χ4v) is 4.92. The van der Waals surface area contributed by atoms with Gasteiger partial charge < -0.3 is 14.2 Å². The van der Waals surface area contributed by atoms with E-state index in [2.05, 4.69) is 4.74 Å². The molecule has 0 bridgehead atoms. The fraction of sp³-hybridized carbons (Fsp3) is 0.222. The van der Waals surface area contributed by atoms with Crippen LogP contribution in [0.25, 0.3) is 6.08 Å². The average molecular weight is 460 g/mol. The van der Waals surface area contributed by atoms with E-state index in [1.807, 2.05) is 0 Å². The Balaban J connectivity index is 2.09.